The summed E-state index contributed by atoms with van der Waals surface area (Å²) in [4.78, 5) is 4.34. The molecule has 0 bridgehead atoms. The SMILES string of the molecule is COc1ccc(CCNc2cnnc(Nc3ccc(F)cc3)n2)cc1. The van der Waals surface area contributed by atoms with Gasteiger partial charge in [-0.3, -0.25) is 0 Å². The molecule has 1 heterocycles. The molecule has 0 unspecified atom stereocenters. The lowest BCUT2D eigenvalue weighted by atomic mass is 10.1. The number of anilines is 3. The third-order valence-electron chi connectivity index (χ3n) is 3.54. The summed E-state index contributed by atoms with van der Waals surface area (Å²) in [5, 5.41) is 14.0. The summed E-state index contributed by atoms with van der Waals surface area (Å²) in [6.07, 6.45) is 2.40. The highest BCUT2D eigenvalue weighted by Crippen LogP contribution is 2.14. The Bertz CT molecular complexity index is 808. The van der Waals surface area contributed by atoms with E-state index >= 15 is 0 Å². The van der Waals surface area contributed by atoms with Gasteiger partial charge in [0.15, 0.2) is 5.82 Å². The van der Waals surface area contributed by atoms with Crippen LogP contribution in [0.15, 0.2) is 54.7 Å². The molecule has 7 heteroatoms. The first kappa shape index (κ1) is 16.6. The minimum absolute atomic E-state index is 0.293. The Hall–Kier alpha value is -3.22. The number of benzene rings is 2. The van der Waals surface area contributed by atoms with Gasteiger partial charge in [-0.2, -0.15) is 10.1 Å². The first-order valence-electron chi connectivity index (χ1n) is 7.82. The molecule has 128 valence electrons. The van der Waals surface area contributed by atoms with Crippen LogP contribution in [-0.2, 0) is 6.42 Å². The Morgan fingerprint density at radius 3 is 2.52 bits per heavy atom. The monoisotopic (exact) mass is 339 g/mol. The summed E-state index contributed by atoms with van der Waals surface area (Å²) in [7, 11) is 1.65. The summed E-state index contributed by atoms with van der Waals surface area (Å²) in [6.45, 7) is 0.709. The van der Waals surface area contributed by atoms with E-state index in [9.17, 15) is 4.39 Å². The van der Waals surface area contributed by atoms with Crippen LogP contribution in [0.25, 0.3) is 0 Å². The van der Waals surface area contributed by atoms with Gasteiger partial charge in [-0.25, -0.2) is 4.39 Å². The van der Waals surface area contributed by atoms with Crippen molar-refractivity contribution in [2.75, 3.05) is 24.3 Å². The second kappa shape index (κ2) is 8.05. The number of hydrogen-bond donors (Lipinski definition) is 2. The topological polar surface area (TPSA) is 72.0 Å². The molecular formula is C18H18FN5O. The molecule has 0 atom stereocenters. The van der Waals surface area contributed by atoms with Crippen molar-refractivity contribution in [3.05, 3.63) is 66.1 Å². The normalized spacial score (nSPS) is 10.3. The average molecular weight is 339 g/mol. The van der Waals surface area contributed by atoms with Crippen molar-refractivity contribution in [3.8, 4) is 5.75 Å². The Morgan fingerprint density at radius 2 is 1.80 bits per heavy atom. The number of nitrogens with one attached hydrogen (secondary N) is 2. The van der Waals surface area contributed by atoms with E-state index in [2.05, 4.69) is 25.8 Å². The van der Waals surface area contributed by atoms with E-state index in [4.69, 9.17) is 4.74 Å². The van der Waals surface area contributed by atoms with Gasteiger partial charge >= 0.3 is 0 Å². The van der Waals surface area contributed by atoms with Gasteiger partial charge in [0, 0.05) is 12.2 Å². The van der Waals surface area contributed by atoms with E-state index in [1.807, 2.05) is 24.3 Å². The molecule has 25 heavy (non-hydrogen) atoms. The maximum absolute atomic E-state index is 12.9. The molecule has 0 aliphatic carbocycles. The van der Waals surface area contributed by atoms with Crippen LogP contribution in [-0.4, -0.2) is 28.8 Å². The third-order valence-corrected chi connectivity index (χ3v) is 3.54. The van der Waals surface area contributed by atoms with Crippen molar-refractivity contribution < 1.29 is 9.13 Å². The number of nitrogens with zero attached hydrogens (tertiary/aromatic N) is 3. The van der Waals surface area contributed by atoms with Gasteiger partial charge in [0.1, 0.15) is 11.6 Å². The lowest BCUT2D eigenvalue weighted by Gasteiger charge is -2.08. The largest absolute Gasteiger partial charge is 0.497 e. The lowest BCUT2D eigenvalue weighted by molar-refractivity contribution is 0.414. The maximum Gasteiger partial charge on any atom is 0.249 e. The van der Waals surface area contributed by atoms with Crippen molar-refractivity contribution in [3.63, 3.8) is 0 Å². The molecule has 0 spiro atoms. The predicted octanol–water partition coefficient (Wildman–Crippen LogP) is 3.42. The van der Waals surface area contributed by atoms with Crippen LogP contribution in [0.4, 0.5) is 21.8 Å². The molecule has 0 saturated carbocycles. The Morgan fingerprint density at radius 1 is 1.04 bits per heavy atom. The number of ether oxygens (including phenoxy) is 1. The fourth-order valence-electron chi connectivity index (χ4n) is 2.23. The molecule has 0 aliphatic heterocycles. The van der Waals surface area contributed by atoms with E-state index in [0.717, 1.165) is 12.2 Å². The summed E-state index contributed by atoms with van der Waals surface area (Å²) in [6, 6.07) is 13.9. The van der Waals surface area contributed by atoms with Gasteiger partial charge in [0.05, 0.1) is 13.3 Å². The molecule has 6 nitrogen and oxygen atoms in total. The van der Waals surface area contributed by atoms with E-state index in [1.165, 1.54) is 17.7 Å². The van der Waals surface area contributed by atoms with Gasteiger partial charge in [0.25, 0.3) is 0 Å². The molecule has 0 saturated heterocycles. The summed E-state index contributed by atoms with van der Waals surface area (Å²) in [5.74, 6) is 1.51. The van der Waals surface area contributed by atoms with Crippen LogP contribution < -0.4 is 15.4 Å². The molecule has 0 radical (unpaired) electrons. The van der Waals surface area contributed by atoms with Gasteiger partial charge in [0.2, 0.25) is 5.95 Å². The highest BCUT2D eigenvalue weighted by Gasteiger charge is 2.02. The van der Waals surface area contributed by atoms with Crippen molar-refractivity contribution in [1.29, 1.82) is 0 Å². The highest BCUT2D eigenvalue weighted by molar-refractivity contribution is 5.53. The molecule has 0 aliphatic rings. The smallest absolute Gasteiger partial charge is 0.249 e. The van der Waals surface area contributed by atoms with Crippen LogP contribution in [0.2, 0.25) is 0 Å². The van der Waals surface area contributed by atoms with E-state index < -0.39 is 0 Å². The Labute approximate surface area is 145 Å². The fourth-order valence-corrected chi connectivity index (χ4v) is 2.23. The molecule has 2 N–H and O–H groups in total. The van der Waals surface area contributed by atoms with E-state index in [-0.39, 0.29) is 5.82 Å². The van der Waals surface area contributed by atoms with Crippen LogP contribution in [0, 0.1) is 5.82 Å². The van der Waals surface area contributed by atoms with Crippen LogP contribution >= 0.6 is 0 Å². The van der Waals surface area contributed by atoms with Crippen molar-refractivity contribution in [1.82, 2.24) is 15.2 Å². The maximum atomic E-state index is 12.9. The van der Waals surface area contributed by atoms with Crippen molar-refractivity contribution in [2.24, 2.45) is 0 Å². The molecule has 0 fully saturated rings. The van der Waals surface area contributed by atoms with Crippen molar-refractivity contribution >= 4 is 17.5 Å². The third kappa shape index (κ3) is 4.87. The van der Waals surface area contributed by atoms with Gasteiger partial charge < -0.3 is 15.4 Å². The number of aromatic nitrogens is 3. The summed E-state index contributed by atoms with van der Waals surface area (Å²) >= 11 is 0. The van der Waals surface area contributed by atoms with E-state index in [0.29, 0.717) is 24.0 Å². The summed E-state index contributed by atoms with van der Waals surface area (Å²) in [5.41, 5.74) is 1.89. The van der Waals surface area contributed by atoms with Gasteiger partial charge in [-0.1, -0.05) is 12.1 Å². The zero-order chi connectivity index (χ0) is 17.5. The number of methoxy groups -OCH3 is 1. The lowest BCUT2D eigenvalue weighted by Crippen LogP contribution is -2.08. The molecule has 3 aromatic rings. The molecule has 0 amide bonds. The Kier molecular flexibility index (Phi) is 5.36. The molecule has 3 rings (SSSR count). The second-order valence-electron chi connectivity index (χ2n) is 5.32. The molecule has 2 aromatic carbocycles. The number of hydrogen-bond acceptors (Lipinski definition) is 6. The van der Waals surface area contributed by atoms with Crippen molar-refractivity contribution in [2.45, 2.75) is 6.42 Å². The van der Waals surface area contributed by atoms with Crippen LogP contribution in [0.5, 0.6) is 5.75 Å². The minimum Gasteiger partial charge on any atom is -0.497 e. The number of rotatable bonds is 7. The first-order valence-corrected chi connectivity index (χ1v) is 7.82. The molecular weight excluding hydrogens is 321 g/mol. The highest BCUT2D eigenvalue weighted by atomic mass is 19.1. The van der Waals surface area contributed by atoms with Gasteiger partial charge in [-0.05, 0) is 48.4 Å². The predicted molar refractivity (Wildman–Crippen MR) is 94.7 cm³/mol. The standard InChI is InChI=1S/C18H18FN5O/c1-25-16-8-2-13(3-9-16)10-11-20-17-12-21-24-18(23-17)22-15-6-4-14(19)5-7-15/h2-9,12H,10-11H2,1H3,(H2,20,22,23,24). The fraction of sp³-hybridized carbons (Fsp3) is 0.167. The van der Waals surface area contributed by atoms with Gasteiger partial charge in [-0.15, -0.1) is 5.10 Å². The van der Waals surface area contributed by atoms with Crippen LogP contribution in [0.3, 0.4) is 0 Å². The second-order valence-corrected chi connectivity index (χ2v) is 5.32. The minimum atomic E-state index is -0.293. The average Bonchev–Trinajstić information content (AvgIpc) is 2.65. The quantitative estimate of drug-likeness (QED) is 0.687. The zero-order valence-corrected chi connectivity index (χ0v) is 13.7. The first-order chi connectivity index (χ1) is 12.2. The van der Waals surface area contributed by atoms with Crippen LogP contribution in [0.1, 0.15) is 5.56 Å². The Balaban J connectivity index is 1.55. The molecule has 1 aromatic heterocycles. The number of halogens is 1. The van der Waals surface area contributed by atoms with E-state index in [1.54, 1.807) is 25.4 Å². The zero-order valence-electron chi connectivity index (χ0n) is 13.7. The summed E-state index contributed by atoms with van der Waals surface area (Å²) < 4.78 is 18.1.